The number of carboxylic acid groups (broad SMARTS) is 1. The molecule has 0 bridgehead atoms. The van der Waals surface area contributed by atoms with Crippen molar-refractivity contribution < 1.29 is 18.3 Å². The number of benzene rings is 1. The quantitative estimate of drug-likeness (QED) is 0.891. The molecular weight excluding hydrogens is 278 g/mol. The van der Waals surface area contributed by atoms with Crippen LogP contribution in [0.25, 0.3) is 0 Å². The first-order chi connectivity index (χ1) is 8.95. The lowest BCUT2D eigenvalue weighted by atomic mass is 9.88. The molecule has 0 unspecified atom stereocenters. The van der Waals surface area contributed by atoms with Gasteiger partial charge in [-0.2, -0.15) is 4.72 Å². The monoisotopic (exact) mass is 299 g/mol. The maximum Gasteiger partial charge on any atom is 0.322 e. The zero-order valence-corrected chi connectivity index (χ0v) is 13.2. The molecule has 1 aromatic carbocycles. The summed E-state index contributed by atoms with van der Waals surface area (Å²) in [6.45, 7) is 8.72. The minimum Gasteiger partial charge on any atom is -0.480 e. The average Bonchev–Trinajstić information content (AvgIpc) is 2.27. The normalized spacial score (nSPS) is 14.1. The van der Waals surface area contributed by atoms with E-state index in [0.717, 1.165) is 11.1 Å². The highest BCUT2D eigenvalue weighted by Crippen LogP contribution is 2.22. The maximum absolute atomic E-state index is 12.3. The molecule has 1 atom stereocenters. The lowest BCUT2D eigenvalue weighted by Gasteiger charge is -2.27. The van der Waals surface area contributed by atoms with Crippen LogP contribution in [0, 0.1) is 19.3 Å². The van der Waals surface area contributed by atoms with E-state index < -0.39 is 27.4 Å². The summed E-state index contributed by atoms with van der Waals surface area (Å²) in [6.07, 6.45) is 0. The van der Waals surface area contributed by atoms with E-state index in [0.29, 0.717) is 0 Å². The van der Waals surface area contributed by atoms with Gasteiger partial charge < -0.3 is 5.11 Å². The van der Waals surface area contributed by atoms with Crippen LogP contribution in [0.2, 0.25) is 0 Å². The summed E-state index contributed by atoms with van der Waals surface area (Å²) >= 11 is 0. The first kappa shape index (κ1) is 16.7. The number of aryl methyl sites for hydroxylation is 2. The lowest BCUT2D eigenvalue weighted by molar-refractivity contribution is -0.141. The highest BCUT2D eigenvalue weighted by Gasteiger charge is 2.35. The fourth-order valence-electron chi connectivity index (χ4n) is 1.70. The Bertz CT molecular complexity index is 615. The second-order valence-corrected chi connectivity index (χ2v) is 7.72. The number of aliphatic carboxylic acids is 1. The van der Waals surface area contributed by atoms with Crippen molar-refractivity contribution in [3.05, 3.63) is 29.3 Å². The molecular formula is C14H21NO4S. The van der Waals surface area contributed by atoms with Gasteiger partial charge in [0.2, 0.25) is 10.0 Å². The van der Waals surface area contributed by atoms with Gasteiger partial charge in [-0.1, -0.05) is 26.8 Å². The van der Waals surface area contributed by atoms with E-state index >= 15 is 0 Å². The van der Waals surface area contributed by atoms with Gasteiger partial charge >= 0.3 is 5.97 Å². The molecule has 5 nitrogen and oxygen atoms in total. The topological polar surface area (TPSA) is 83.5 Å². The largest absolute Gasteiger partial charge is 0.480 e. The van der Waals surface area contributed by atoms with Crippen molar-refractivity contribution in [1.29, 1.82) is 0 Å². The Labute approximate surface area is 120 Å². The van der Waals surface area contributed by atoms with Crippen LogP contribution in [0.1, 0.15) is 31.9 Å². The zero-order valence-electron chi connectivity index (χ0n) is 12.4. The van der Waals surface area contributed by atoms with Gasteiger partial charge in [-0.25, -0.2) is 8.42 Å². The van der Waals surface area contributed by atoms with Crippen molar-refractivity contribution in [3.63, 3.8) is 0 Å². The molecule has 0 saturated heterocycles. The fourth-order valence-corrected chi connectivity index (χ4v) is 3.18. The van der Waals surface area contributed by atoms with E-state index in [1.807, 2.05) is 13.8 Å². The van der Waals surface area contributed by atoms with Gasteiger partial charge in [-0.3, -0.25) is 4.79 Å². The third kappa shape index (κ3) is 3.80. The molecule has 1 rings (SSSR count). The van der Waals surface area contributed by atoms with E-state index in [1.165, 1.54) is 6.07 Å². The van der Waals surface area contributed by atoms with Crippen LogP contribution in [0.3, 0.4) is 0 Å². The molecule has 0 saturated carbocycles. The molecule has 0 aliphatic heterocycles. The Balaban J connectivity index is 3.16. The molecule has 1 aromatic rings. The third-order valence-electron chi connectivity index (χ3n) is 3.17. The van der Waals surface area contributed by atoms with Gasteiger partial charge in [-0.15, -0.1) is 0 Å². The van der Waals surface area contributed by atoms with E-state index in [1.54, 1.807) is 32.9 Å². The van der Waals surface area contributed by atoms with Crippen LogP contribution in [-0.4, -0.2) is 25.5 Å². The van der Waals surface area contributed by atoms with Crippen LogP contribution in [0.15, 0.2) is 23.1 Å². The molecule has 0 radical (unpaired) electrons. The number of hydrogen-bond acceptors (Lipinski definition) is 3. The number of hydrogen-bond donors (Lipinski definition) is 2. The van der Waals surface area contributed by atoms with Crippen LogP contribution >= 0.6 is 0 Å². The molecule has 6 heteroatoms. The van der Waals surface area contributed by atoms with Crippen LogP contribution in [-0.2, 0) is 14.8 Å². The summed E-state index contributed by atoms with van der Waals surface area (Å²) < 4.78 is 26.8. The molecule has 2 N–H and O–H groups in total. The molecule has 0 aliphatic carbocycles. The number of carboxylic acids is 1. The minimum atomic E-state index is -3.86. The predicted molar refractivity (Wildman–Crippen MR) is 77.1 cm³/mol. The summed E-state index contributed by atoms with van der Waals surface area (Å²) in [6, 6.07) is 3.54. The molecule has 0 heterocycles. The molecule has 112 valence electrons. The van der Waals surface area contributed by atoms with E-state index in [4.69, 9.17) is 0 Å². The number of nitrogens with one attached hydrogen (secondary N) is 1. The van der Waals surface area contributed by atoms with Crippen molar-refractivity contribution >= 4 is 16.0 Å². The SMILES string of the molecule is Cc1ccc(S(=O)(=O)N[C@H](C(=O)O)C(C)(C)C)cc1C. The first-order valence-corrected chi connectivity index (χ1v) is 7.76. The van der Waals surface area contributed by atoms with Crippen molar-refractivity contribution in [3.8, 4) is 0 Å². The Morgan fingerprint density at radius 1 is 1.20 bits per heavy atom. The number of rotatable bonds is 4. The van der Waals surface area contributed by atoms with E-state index in [9.17, 15) is 18.3 Å². The first-order valence-electron chi connectivity index (χ1n) is 6.27. The number of carbonyl (C=O) groups is 1. The van der Waals surface area contributed by atoms with Crippen LogP contribution in [0.5, 0.6) is 0 Å². The summed E-state index contributed by atoms with van der Waals surface area (Å²) in [4.78, 5) is 11.3. The van der Waals surface area contributed by atoms with Crippen molar-refractivity contribution in [1.82, 2.24) is 4.72 Å². The Morgan fingerprint density at radius 3 is 2.15 bits per heavy atom. The van der Waals surface area contributed by atoms with Crippen molar-refractivity contribution in [2.24, 2.45) is 5.41 Å². The smallest absolute Gasteiger partial charge is 0.322 e. The van der Waals surface area contributed by atoms with Crippen LogP contribution < -0.4 is 4.72 Å². The molecule has 0 fully saturated rings. The molecule has 20 heavy (non-hydrogen) atoms. The van der Waals surface area contributed by atoms with Gasteiger partial charge in [0.05, 0.1) is 4.90 Å². The van der Waals surface area contributed by atoms with Gasteiger partial charge in [0.25, 0.3) is 0 Å². The molecule has 0 spiro atoms. The Kier molecular flexibility index (Phi) is 4.61. The van der Waals surface area contributed by atoms with E-state index in [-0.39, 0.29) is 4.90 Å². The maximum atomic E-state index is 12.3. The zero-order chi connectivity index (χ0) is 15.7. The van der Waals surface area contributed by atoms with Crippen LogP contribution in [0.4, 0.5) is 0 Å². The number of sulfonamides is 1. The van der Waals surface area contributed by atoms with Gasteiger partial charge in [0, 0.05) is 0 Å². The Morgan fingerprint density at radius 2 is 1.75 bits per heavy atom. The highest BCUT2D eigenvalue weighted by atomic mass is 32.2. The predicted octanol–water partition coefficient (Wildman–Crippen LogP) is 2.08. The summed E-state index contributed by atoms with van der Waals surface area (Å²) in [5.74, 6) is -1.19. The van der Waals surface area contributed by atoms with E-state index in [2.05, 4.69) is 4.72 Å². The van der Waals surface area contributed by atoms with Gasteiger partial charge in [0.1, 0.15) is 6.04 Å². The van der Waals surface area contributed by atoms with Gasteiger partial charge in [0.15, 0.2) is 0 Å². The lowest BCUT2D eigenvalue weighted by Crippen LogP contribution is -2.48. The second kappa shape index (κ2) is 5.54. The second-order valence-electron chi connectivity index (χ2n) is 6.00. The standard InChI is InChI=1S/C14H21NO4S/c1-9-6-7-11(8-10(9)2)20(18,19)15-12(13(16)17)14(3,4)5/h6-8,12,15H,1-5H3,(H,16,17)/t12-/m1/s1. The summed E-state index contributed by atoms with van der Waals surface area (Å²) in [5, 5.41) is 9.19. The third-order valence-corrected chi connectivity index (χ3v) is 4.60. The fraction of sp³-hybridized carbons (Fsp3) is 0.500. The Hall–Kier alpha value is -1.40. The molecule has 0 amide bonds. The summed E-state index contributed by atoms with van der Waals surface area (Å²) in [7, 11) is -3.86. The van der Waals surface area contributed by atoms with Crippen molar-refractivity contribution in [2.45, 2.75) is 45.6 Å². The highest BCUT2D eigenvalue weighted by molar-refractivity contribution is 7.89. The molecule has 0 aromatic heterocycles. The van der Waals surface area contributed by atoms with Gasteiger partial charge in [-0.05, 0) is 42.5 Å². The minimum absolute atomic E-state index is 0.0797. The molecule has 0 aliphatic rings. The summed E-state index contributed by atoms with van der Waals surface area (Å²) in [5.41, 5.74) is 1.10. The van der Waals surface area contributed by atoms with Crippen molar-refractivity contribution in [2.75, 3.05) is 0 Å². The average molecular weight is 299 g/mol.